The molecule has 3 aromatic carbocycles. The van der Waals surface area contributed by atoms with Gasteiger partial charge in [-0.05, 0) is 53.4 Å². The van der Waals surface area contributed by atoms with Crippen LogP contribution in [0.25, 0.3) is 0 Å². The molecule has 4 N–H and O–H groups in total. The number of hydrazone groups is 1. The number of nitrogens with zero attached hydrogens (tertiary/aromatic N) is 3. The van der Waals surface area contributed by atoms with Crippen molar-refractivity contribution in [3.63, 3.8) is 0 Å². The molecule has 4 rings (SSSR count). The lowest BCUT2D eigenvalue weighted by Crippen LogP contribution is -2.46. The minimum Gasteiger partial charge on any atom is -0.249 e. The number of hydrogen-bond acceptors (Lipinski definition) is 6. The Bertz CT molecular complexity index is 1730. The van der Waals surface area contributed by atoms with Gasteiger partial charge in [0.15, 0.2) is 0 Å². The summed E-state index contributed by atoms with van der Waals surface area (Å²) < 4.78 is 94.3. The molecular formula is C28H30ClF3N6O4S2. The van der Waals surface area contributed by atoms with Crippen molar-refractivity contribution >= 4 is 43.5 Å². The molecule has 10 nitrogen and oxygen atoms in total. The first kappa shape index (κ1) is 33.4. The van der Waals surface area contributed by atoms with Crippen LogP contribution in [0.3, 0.4) is 0 Å². The second kappa shape index (κ2) is 13.2. The fourth-order valence-corrected chi connectivity index (χ4v) is 6.33. The van der Waals surface area contributed by atoms with E-state index >= 15 is 0 Å². The predicted octanol–water partition coefficient (Wildman–Crippen LogP) is 4.31. The van der Waals surface area contributed by atoms with Gasteiger partial charge in [-0.3, -0.25) is 0 Å². The van der Waals surface area contributed by atoms with E-state index < -0.39 is 42.9 Å². The van der Waals surface area contributed by atoms with Crippen molar-refractivity contribution in [3.8, 4) is 0 Å². The molecule has 0 radical (unpaired) electrons. The van der Waals surface area contributed by atoms with Crippen molar-refractivity contribution in [1.82, 2.24) is 14.5 Å². The summed E-state index contributed by atoms with van der Waals surface area (Å²) >= 11 is 6.09. The van der Waals surface area contributed by atoms with E-state index in [9.17, 15) is 30.0 Å². The molecule has 0 amide bonds. The van der Waals surface area contributed by atoms with Crippen LogP contribution in [0.2, 0.25) is 5.02 Å². The number of aliphatic imine (C=N–C) groups is 1. The van der Waals surface area contributed by atoms with E-state index in [2.05, 4.69) is 14.4 Å². The molecule has 1 aliphatic heterocycles. The van der Waals surface area contributed by atoms with Crippen LogP contribution in [-0.4, -0.2) is 52.6 Å². The molecule has 0 bridgehead atoms. The molecule has 16 heteroatoms. The summed E-state index contributed by atoms with van der Waals surface area (Å²) in [5.41, 5.74) is 1.16. The van der Waals surface area contributed by atoms with E-state index in [-0.39, 0.29) is 30.9 Å². The average Bonchev–Trinajstić information content (AvgIpc) is 3.40. The molecule has 1 heterocycles. The van der Waals surface area contributed by atoms with Crippen LogP contribution in [0, 0.1) is 5.92 Å². The Morgan fingerprint density at radius 3 is 2.18 bits per heavy atom. The summed E-state index contributed by atoms with van der Waals surface area (Å²) in [7, 11) is -8.60. The predicted molar refractivity (Wildman–Crippen MR) is 163 cm³/mol. The third-order valence-electron chi connectivity index (χ3n) is 6.78. The highest BCUT2D eigenvalue weighted by atomic mass is 35.5. The van der Waals surface area contributed by atoms with Crippen molar-refractivity contribution in [1.29, 1.82) is 0 Å². The maximum absolute atomic E-state index is 13.4. The van der Waals surface area contributed by atoms with E-state index in [1.54, 1.807) is 38.1 Å². The van der Waals surface area contributed by atoms with Crippen molar-refractivity contribution < 1.29 is 30.0 Å². The van der Waals surface area contributed by atoms with Gasteiger partial charge >= 0.3 is 6.18 Å². The Morgan fingerprint density at radius 1 is 1.02 bits per heavy atom. The standard InChI is InChI=1S/C28H30ClF3N6O4S2/c1-18(2)25(36-44(33,41)42)16-34-27(37-43(39,40)23-14-10-21(11-15-23)28(30,31)32)38-17-24(19-6-4-3-5-7-19)26(35-38)20-8-12-22(29)13-9-20/h3-15,18,24-25,36H,16-17H2,1-2H3,(H,34,37)(H2,33,41,42)/t24-,25+/m0/s1. The van der Waals surface area contributed by atoms with Gasteiger partial charge in [-0.2, -0.15) is 31.4 Å². The van der Waals surface area contributed by atoms with Gasteiger partial charge in [0, 0.05) is 17.0 Å². The number of guanidine groups is 1. The van der Waals surface area contributed by atoms with Gasteiger partial charge in [-0.1, -0.05) is 67.9 Å². The van der Waals surface area contributed by atoms with Crippen LogP contribution in [0.15, 0.2) is 93.9 Å². The zero-order chi connectivity index (χ0) is 32.3. The van der Waals surface area contributed by atoms with Crippen LogP contribution in [0.5, 0.6) is 0 Å². The molecule has 236 valence electrons. The lowest BCUT2D eigenvalue weighted by atomic mass is 9.91. The van der Waals surface area contributed by atoms with Crippen LogP contribution in [0.1, 0.15) is 36.5 Å². The number of hydrogen-bond donors (Lipinski definition) is 3. The molecular weight excluding hydrogens is 641 g/mol. The molecule has 3 aromatic rings. The average molecular weight is 671 g/mol. The first-order valence-electron chi connectivity index (χ1n) is 13.2. The zero-order valence-electron chi connectivity index (χ0n) is 23.5. The second-order valence-electron chi connectivity index (χ2n) is 10.3. The third-order valence-corrected chi connectivity index (χ3v) is 9.00. The largest absolute Gasteiger partial charge is 0.416 e. The van der Waals surface area contributed by atoms with Crippen LogP contribution in [0.4, 0.5) is 13.2 Å². The molecule has 1 aliphatic rings. The summed E-state index contributed by atoms with van der Waals surface area (Å²) in [6.45, 7) is 3.34. The molecule has 0 fully saturated rings. The number of benzene rings is 3. The monoisotopic (exact) mass is 670 g/mol. The number of alkyl halides is 3. The number of nitrogens with one attached hydrogen (secondary N) is 2. The Labute approximate surface area is 259 Å². The van der Waals surface area contributed by atoms with Crippen molar-refractivity contribution in [2.75, 3.05) is 13.1 Å². The van der Waals surface area contributed by atoms with Gasteiger partial charge in [0.25, 0.3) is 20.2 Å². The Hall–Kier alpha value is -3.50. The summed E-state index contributed by atoms with van der Waals surface area (Å²) in [4.78, 5) is 3.97. The second-order valence-corrected chi connectivity index (χ2v) is 13.8. The quantitative estimate of drug-likeness (QED) is 0.229. The number of rotatable bonds is 9. The van der Waals surface area contributed by atoms with E-state index in [4.69, 9.17) is 21.8 Å². The van der Waals surface area contributed by atoms with Gasteiger partial charge < -0.3 is 0 Å². The van der Waals surface area contributed by atoms with Gasteiger partial charge in [0.1, 0.15) is 0 Å². The molecule has 2 atom stereocenters. The normalized spacial score (nSPS) is 17.1. The van der Waals surface area contributed by atoms with Crippen molar-refractivity contribution in [3.05, 3.63) is 101 Å². The highest BCUT2D eigenvalue weighted by Crippen LogP contribution is 2.31. The fourth-order valence-electron chi connectivity index (χ4n) is 4.41. The Kier molecular flexibility index (Phi) is 10.0. The van der Waals surface area contributed by atoms with Gasteiger partial charge in [0.2, 0.25) is 5.96 Å². The van der Waals surface area contributed by atoms with Gasteiger partial charge in [-0.15, -0.1) is 0 Å². The molecule has 0 spiro atoms. The third kappa shape index (κ3) is 8.57. The number of halogens is 4. The van der Waals surface area contributed by atoms with E-state index in [0.717, 1.165) is 17.7 Å². The molecule has 44 heavy (non-hydrogen) atoms. The SMILES string of the molecule is CC(C)[C@@H](CN=C(NS(=O)(=O)c1ccc(C(F)(F)F)cc1)N1C[C@@H](c2ccccc2)C(c2ccc(Cl)cc2)=N1)NS(N)(=O)=O. The number of nitrogens with two attached hydrogens (primary N) is 1. The van der Waals surface area contributed by atoms with Crippen LogP contribution >= 0.6 is 11.6 Å². The summed E-state index contributed by atoms with van der Waals surface area (Å²) in [6.07, 6.45) is -4.65. The van der Waals surface area contributed by atoms with Crippen molar-refractivity contribution in [2.24, 2.45) is 21.2 Å². The lowest BCUT2D eigenvalue weighted by Gasteiger charge is -2.23. The van der Waals surface area contributed by atoms with E-state index in [1.807, 2.05) is 30.3 Å². The molecule has 0 unspecified atom stereocenters. The van der Waals surface area contributed by atoms with Crippen molar-refractivity contribution in [2.45, 2.75) is 36.9 Å². The molecule has 0 saturated heterocycles. The maximum atomic E-state index is 13.4. The highest BCUT2D eigenvalue weighted by Gasteiger charge is 2.34. The minimum absolute atomic E-state index is 0.130. The first-order valence-corrected chi connectivity index (χ1v) is 16.7. The highest BCUT2D eigenvalue weighted by molar-refractivity contribution is 7.90. The number of sulfonamides is 1. The lowest BCUT2D eigenvalue weighted by molar-refractivity contribution is -0.137. The minimum atomic E-state index is -4.65. The summed E-state index contributed by atoms with van der Waals surface area (Å²) in [5, 5.41) is 11.7. The van der Waals surface area contributed by atoms with Gasteiger partial charge in [0.05, 0.1) is 29.3 Å². The van der Waals surface area contributed by atoms with Crippen LogP contribution in [-0.2, 0) is 26.4 Å². The maximum Gasteiger partial charge on any atom is 0.416 e. The zero-order valence-corrected chi connectivity index (χ0v) is 25.9. The molecule has 0 saturated carbocycles. The molecule has 0 aliphatic carbocycles. The summed E-state index contributed by atoms with van der Waals surface area (Å²) in [6, 6.07) is 18.5. The van der Waals surface area contributed by atoms with Gasteiger partial charge in [-0.25, -0.2) is 28.3 Å². The van der Waals surface area contributed by atoms with E-state index in [1.165, 1.54) is 5.01 Å². The summed E-state index contributed by atoms with van der Waals surface area (Å²) in [5.74, 6) is -0.910. The van der Waals surface area contributed by atoms with Crippen LogP contribution < -0.4 is 14.6 Å². The smallest absolute Gasteiger partial charge is 0.249 e. The first-order chi connectivity index (χ1) is 20.5. The Morgan fingerprint density at radius 2 is 1.64 bits per heavy atom. The fraction of sp³-hybridized carbons (Fsp3) is 0.286. The molecule has 0 aromatic heterocycles. The topological polar surface area (TPSA) is 146 Å². The Balaban J connectivity index is 1.77. The van der Waals surface area contributed by atoms with E-state index in [0.29, 0.717) is 28.4 Å².